The summed E-state index contributed by atoms with van der Waals surface area (Å²) in [5.41, 5.74) is 1.89. The van der Waals surface area contributed by atoms with E-state index < -0.39 is 35.4 Å². The van der Waals surface area contributed by atoms with E-state index in [1.54, 1.807) is 12.1 Å². The lowest BCUT2D eigenvalue weighted by Gasteiger charge is -2.30. The number of hydrogen-bond donors (Lipinski definition) is 2. The first-order chi connectivity index (χ1) is 14.7. The topological polar surface area (TPSA) is 108 Å². The minimum Gasteiger partial charge on any atom is -0.468 e. The number of imide groups is 1. The van der Waals surface area contributed by atoms with Gasteiger partial charge in [0.25, 0.3) is 11.8 Å². The molecule has 11 heteroatoms. The van der Waals surface area contributed by atoms with Gasteiger partial charge in [0.15, 0.2) is 0 Å². The summed E-state index contributed by atoms with van der Waals surface area (Å²) >= 11 is 12.0. The molecule has 1 saturated heterocycles. The molecule has 1 unspecified atom stereocenters. The number of carbonyl (C=O) groups is 4. The predicted octanol–water partition coefficient (Wildman–Crippen LogP) is 2.43. The maximum absolute atomic E-state index is 12.8. The molecule has 3 rings (SSSR count). The van der Waals surface area contributed by atoms with Gasteiger partial charge in [0, 0.05) is 0 Å². The van der Waals surface area contributed by atoms with Crippen molar-refractivity contribution in [3.8, 4) is 0 Å². The Bertz CT molecular complexity index is 904. The number of urea groups is 1. The van der Waals surface area contributed by atoms with Crippen molar-refractivity contribution in [3.63, 3.8) is 0 Å². The molecule has 9 nitrogen and oxygen atoms in total. The van der Waals surface area contributed by atoms with Crippen LogP contribution in [0.2, 0.25) is 10.0 Å². The summed E-state index contributed by atoms with van der Waals surface area (Å²) in [5, 5.41) is 4.03. The molecule has 1 atom stereocenters. The van der Waals surface area contributed by atoms with Crippen LogP contribution in [0.25, 0.3) is 0 Å². The highest BCUT2D eigenvalue weighted by Gasteiger charge is 2.52. The van der Waals surface area contributed by atoms with Gasteiger partial charge in [-0.3, -0.25) is 19.9 Å². The van der Waals surface area contributed by atoms with Crippen LogP contribution in [-0.2, 0) is 19.1 Å². The van der Waals surface area contributed by atoms with Crippen molar-refractivity contribution < 1.29 is 23.9 Å². The van der Waals surface area contributed by atoms with Gasteiger partial charge in [0.1, 0.15) is 11.6 Å². The third-order valence-electron chi connectivity index (χ3n) is 5.62. The zero-order valence-electron chi connectivity index (χ0n) is 17.2. The molecule has 1 aromatic rings. The third kappa shape index (κ3) is 4.78. The number of nitrogens with zero attached hydrogens (tertiary/aromatic N) is 2. The first-order valence-electron chi connectivity index (χ1n) is 9.88. The number of ether oxygens (including phenoxy) is 1. The van der Waals surface area contributed by atoms with Crippen LogP contribution in [0.15, 0.2) is 18.2 Å². The first kappa shape index (κ1) is 23.3. The van der Waals surface area contributed by atoms with Crippen LogP contribution in [0.3, 0.4) is 0 Å². The maximum Gasteiger partial charge on any atom is 0.344 e. The Labute approximate surface area is 189 Å². The molecule has 2 N–H and O–H groups in total. The van der Waals surface area contributed by atoms with Crippen molar-refractivity contribution in [1.82, 2.24) is 20.7 Å². The molecular formula is C20H24Cl2N4O5. The number of likely N-dealkylation sites (N-methyl/N-ethyl adjacent to an activating group) is 1. The van der Waals surface area contributed by atoms with Crippen LogP contribution in [0.1, 0.15) is 43.7 Å². The summed E-state index contributed by atoms with van der Waals surface area (Å²) in [6.07, 6.45) is 3.77. The van der Waals surface area contributed by atoms with Gasteiger partial charge in [-0.05, 0) is 37.6 Å². The van der Waals surface area contributed by atoms with Gasteiger partial charge >= 0.3 is 12.0 Å². The van der Waals surface area contributed by atoms with Gasteiger partial charge in [-0.25, -0.2) is 9.59 Å². The van der Waals surface area contributed by atoms with Crippen LogP contribution in [0.5, 0.6) is 0 Å². The van der Waals surface area contributed by atoms with E-state index in [0.717, 1.165) is 24.3 Å². The van der Waals surface area contributed by atoms with Gasteiger partial charge in [-0.1, -0.05) is 48.5 Å². The number of halogens is 2. The standard InChI is InChI=1S/C20H24Cl2N4O5/c1-25(16(17(28)31-2)12-6-7-13(21)14(22)10-12)11-15(27)24-26-18(29)20(23-19(26)30)8-4-3-5-9-20/h6-7,10,16H,3-5,8-9,11H2,1-2H3,(H,23,30)(H,24,27). The number of esters is 1. The van der Waals surface area contributed by atoms with Gasteiger partial charge in [0.2, 0.25) is 0 Å². The molecule has 4 amide bonds. The highest BCUT2D eigenvalue weighted by Crippen LogP contribution is 2.33. The molecule has 1 aromatic carbocycles. The van der Waals surface area contributed by atoms with E-state index in [2.05, 4.69) is 10.7 Å². The maximum atomic E-state index is 12.8. The van der Waals surface area contributed by atoms with Crippen molar-refractivity contribution in [1.29, 1.82) is 0 Å². The molecule has 1 heterocycles. The monoisotopic (exact) mass is 470 g/mol. The van der Waals surface area contributed by atoms with Crippen LogP contribution < -0.4 is 10.7 Å². The average molecular weight is 471 g/mol. The van der Waals surface area contributed by atoms with E-state index in [0.29, 0.717) is 23.4 Å². The van der Waals surface area contributed by atoms with Crippen molar-refractivity contribution in [2.75, 3.05) is 20.7 Å². The quantitative estimate of drug-likeness (QED) is 0.488. The van der Waals surface area contributed by atoms with Crippen LogP contribution in [0.4, 0.5) is 4.79 Å². The van der Waals surface area contributed by atoms with Crippen LogP contribution in [-0.4, -0.2) is 60.0 Å². The zero-order valence-corrected chi connectivity index (χ0v) is 18.8. The van der Waals surface area contributed by atoms with Crippen molar-refractivity contribution in [2.24, 2.45) is 0 Å². The molecule has 1 saturated carbocycles. The van der Waals surface area contributed by atoms with Crippen LogP contribution >= 0.6 is 23.2 Å². The molecule has 2 fully saturated rings. The molecule has 168 valence electrons. The second-order valence-corrected chi connectivity index (χ2v) is 8.58. The second-order valence-electron chi connectivity index (χ2n) is 7.76. The minimum atomic E-state index is -0.946. The zero-order chi connectivity index (χ0) is 22.8. The Morgan fingerprint density at radius 1 is 1.23 bits per heavy atom. The lowest BCUT2D eigenvalue weighted by Crippen LogP contribution is -2.52. The summed E-state index contributed by atoms with van der Waals surface area (Å²) in [4.78, 5) is 51.6. The Kier molecular flexibility index (Phi) is 7.08. The summed E-state index contributed by atoms with van der Waals surface area (Å²) < 4.78 is 4.87. The third-order valence-corrected chi connectivity index (χ3v) is 6.36. The van der Waals surface area contributed by atoms with Crippen molar-refractivity contribution in [3.05, 3.63) is 33.8 Å². The first-order valence-corrected chi connectivity index (χ1v) is 10.6. The lowest BCUT2D eigenvalue weighted by molar-refractivity contribution is -0.148. The number of methoxy groups -OCH3 is 1. The smallest absolute Gasteiger partial charge is 0.344 e. The molecule has 1 aliphatic carbocycles. The van der Waals surface area contributed by atoms with E-state index in [1.807, 2.05) is 0 Å². The van der Waals surface area contributed by atoms with E-state index in [9.17, 15) is 19.2 Å². The van der Waals surface area contributed by atoms with Gasteiger partial charge < -0.3 is 10.1 Å². The Balaban J connectivity index is 1.70. The predicted molar refractivity (Wildman–Crippen MR) is 113 cm³/mol. The highest BCUT2D eigenvalue weighted by molar-refractivity contribution is 6.42. The number of benzene rings is 1. The molecule has 0 bridgehead atoms. The fourth-order valence-electron chi connectivity index (χ4n) is 4.06. The molecule has 31 heavy (non-hydrogen) atoms. The SMILES string of the molecule is COC(=O)C(c1ccc(Cl)c(Cl)c1)N(C)CC(=O)NN1C(=O)NC2(CCCCC2)C1=O. The van der Waals surface area contributed by atoms with E-state index >= 15 is 0 Å². The average Bonchev–Trinajstić information content (AvgIpc) is 2.95. The Hall–Kier alpha value is -2.36. The van der Waals surface area contributed by atoms with Gasteiger partial charge in [0.05, 0.1) is 23.7 Å². The molecule has 1 aliphatic heterocycles. The number of nitrogens with one attached hydrogen (secondary N) is 2. The largest absolute Gasteiger partial charge is 0.468 e. The number of rotatable bonds is 6. The van der Waals surface area contributed by atoms with Crippen molar-refractivity contribution >= 4 is 47.0 Å². The molecule has 2 aliphatic rings. The molecule has 1 spiro atoms. The molecule has 0 radical (unpaired) electrons. The second kappa shape index (κ2) is 9.42. The fourth-order valence-corrected chi connectivity index (χ4v) is 4.37. The highest BCUT2D eigenvalue weighted by atomic mass is 35.5. The number of amides is 4. The summed E-state index contributed by atoms with van der Waals surface area (Å²) in [7, 11) is 2.77. The number of hydrogen-bond acceptors (Lipinski definition) is 6. The number of hydrazine groups is 1. The van der Waals surface area contributed by atoms with E-state index in [1.165, 1.54) is 25.1 Å². The Morgan fingerprint density at radius 3 is 2.52 bits per heavy atom. The van der Waals surface area contributed by atoms with Crippen molar-refractivity contribution in [2.45, 2.75) is 43.7 Å². The fraction of sp³-hybridized carbons (Fsp3) is 0.500. The van der Waals surface area contributed by atoms with Gasteiger partial charge in [-0.2, -0.15) is 5.01 Å². The minimum absolute atomic E-state index is 0.253. The lowest BCUT2D eigenvalue weighted by atomic mass is 9.82. The van der Waals surface area contributed by atoms with E-state index in [-0.39, 0.29) is 11.6 Å². The number of carbonyl (C=O) groups excluding carboxylic acids is 4. The summed E-state index contributed by atoms with van der Waals surface area (Å²) in [5.74, 6) is -1.69. The normalized spacial score (nSPS) is 18.8. The summed E-state index contributed by atoms with van der Waals surface area (Å²) in [6, 6.07) is 3.06. The van der Waals surface area contributed by atoms with Crippen LogP contribution in [0, 0.1) is 0 Å². The Morgan fingerprint density at radius 2 is 1.90 bits per heavy atom. The molecular weight excluding hydrogens is 447 g/mol. The molecule has 0 aromatic heterocycles. The van der Waals surface area contributed by atoms with Gasteiger partial charge in [-0.15, -0.1) is 0 Å². The van der Waals surface area contributed by atoms with E-state index in [4.69, 9.17) is 27.9 Å². The summed E-state index contributed by atoms with van der Waals surface area (Å²) in [6.45, 7) is -0.288.